The lowest BCUT2D eigenvalue weighted by molar-refractivity contribution is 1.13. The largest absolute Gasteiger partial charge is 0.308 e. The van der Waals surface area contributed by atoms with Gasteiger partial charge in [-0.2, -0.15) is 0 Å². The first-order valence-corrected chi connectivity index (χ1v) is 14.0. The van der Waals surface area contributed by atoms with Gasteiger partial charge in [0.2, 0.25) is 0 Å². The highest BCUT2D eigenvalue weighted by atomic mass is 32.2. The summed E-state index contributed by atoms with van der Waals surface area (Å²) in [6.45, 7) is 8.29. The minimum Gasteiger partial charge on any atom is -0.308 e. The van der Waals surface area contributed by atoms with Crippen LogP contribution in [0, 0.1) is 0 Å². The van der Waals surface area contributed by atoms with Crippen LogP contribution >= 0.6 is 23.5 Å². The van der Waals surface area contributed by atoms with Gasteiger partial charge in [-0.05, 0) is 74.5 Å². The lowest BCUT2D eigenvalue weighted by atomic mass is 10.1. The SMILES string of the molecule is C/C=C\C1=C(C)Sc2ccccc2N1c1cccc(N2c3ccccc3Sc3ccccc32)c1.CC. The van der Waals surface area contributed by atoms with Crippen molar-refractivity contribution in [3.8, 4) is 0 Å². The number of hydrogen-bond donors (Lipinski definition) is 0. The quantitative estimate of drug-likeness (QED) is 0.240. The normalized spacial score (nSPS) is 14.1. The minimum absolute atomic E-state index is 1.16. The van der Waals surface area contributed by atoms with Crippen molar-refractivity contribution in [1.82, 2.24) is 0 Å². The summed E-state index contributed by atoms with van der Waals surface area (Å²) in [7, 11) is 0. The number of rotatable bonds is 3. The fourth-order valence-corrected chi connectivity index (χ4v) is 6.68. The molecule has 0 amide bonds. The van der Waals surface area contributed by atoms with Crippen molar-refractivity contribution in [3.05, 3.63) is 120 Å². The highest BCUT2D eigenvalue weighted by molar-refractivity contribution is 8.03. The Hall–Kier alpha value is -3.34. The Balaban J connectivity index is 0.00000130. The third kappa shape index (κ3) is 4.36. The first kappa shape index (κ1) is 24.4. The van der Waals surface area contributed by atoms with Crippen LogP contribution in [0.25, 0.3) is 0 Å². The van der Waals surface area contributed by atoms with Crippen LogP contribution in [-0.4, -0.2) is 0 Å². The predicted octanol–water partition coefficient (Wildman–Crippen LogP) is 10.7. The standard InChI is InChI=1S/C30H24N2S2.C2H6/c1-3-11-24-21(2)33-28-17-7-4-14-25(28)31(24)22-12-10-13-23(20-22)32-26-15-5-8-18-29(26)34-30-19-9-6-16-27(30)32;1-2/h3-20H,1-2H3;1-2H3/b11-3-;. The molecule has 2 nitrogen and oxygen atoms in total. The highest BCUT2D eigenvalue weighted by Crippen LogP contribution is 2.52. The number of anilines is 5. The zero-order valence-corrected chi connectivity index (χ0v) is 22.7. The van der Waals surface area contributed by atoms with E-state index >= 15 is 0 Å². The maximum absolute atomic E-state index is 2.39. The molecular weight excluding hydrogens is 477 g/mol. The molecule has 0 N–H and O–H groups in total. The van der Waals surface area contributed by atoms with Gasteiger partial charge in [0.05, 0.1) is 22.8 Å². The van der Waals surface area contributed by atoms with Gasteiger partial charge in [0.15, 0.2) is 0 Å². The molecule has 0 saturated carbocycles. The monoisotopic (exact) mass is 506 g/mol. The van der Waals surface area contributed by atoms with E-state index in [1.54, 1.807) is 0 Å². The summed E-state index contributed by atoms with van der Waals surface area (Å²) in [5.41, 5.74) is 7.20. The van der Waals surface area contributed by atoms with Gasteiger partial charge in [0.1, 0.15) is 0 Å². The predicted molar refractivity (Wildman–Crippen MR) is 159 cm³/mol. The number of thioether (sulfide) groups is 1. The number of nitrogens with zero attached hydrogens (tertiary/aromatic N) is 2. The van der Waals surface area contributed by atoms with Crippen molar-refractivity contribution in [3.63, 3.8) is 0 Å². The van der Waals surface area contributed by atoms with E-state index in [0.717, 1.165) is 11.4 Å². The Morgan fingerprint density at radius 1 is 0.583 bits per heavy atom. The summed E-state index contributed by atoms with van der Waals surface area (Å²) in [5, 5.41) is 0. The molecule has 0 saturated heterocycles. The Bertz CT molecular complexity index is 1410. The zero-order chi connectivity index (χ0) is 25.1. The van der Waals surface area contributed by atoms with Gasteiger partial charge in [-0.3, -0.25) is 0 Å². The highest BCUT2D eigenvalue weighted by Gasteiger charge is 2.27. The van der Waals surface area contributed by atoms with Gasteiger partial charge < -0.3 is 9.80 Å². The van der Waals surface area contributed by atoms with E-state index in [1.807, 2.05) is 37.4 Å². The third-order valence-electron chi connectivity index (χ3n) is 6.07. The van der Waals surface area contributed by atoms with Crippen LogP contribution in [0.1, 0.15) is 27.7 Å². The van der Waals surface area contributed by atoms with E-state index in [2.05, 4.69) is 133 Å². The Morgan fingerprint density at radius 3 is 1.61 bits per heavy atom. The molecule has 0 unspecified atom stereocenters. The smallest absolute Gasteiger partial charge is 0.0601 e. The summed E-state index contributed by atoms with van der Waals surface area (Å²) in [5.74, 6) is 0. The second-order valence-electron chi connectivity index (χ2n) is 8.24. The molecule has 36 heavy (non-hydrogen) atoms. The van der Waals surface area contributed by atoms with Crippen molar-refractivity contribution >= 4 is 52.0 Å². The van der Waals surface area contributed by atoms with Crippen LogP contribution in [0.15, 0.2) is 135 Å². The van der Waals surface area contributed by atoms with Crippen LogP contribution in [-0.2, 0) is 0 Å². The van der Waals surface area contributed by atoms with Crippen LogP contribution in [0.5, 0.6) is 0 Å². The second kappa shape index (κ2) is 10.7. The third-order valence-corrected chi connectivity index (χ3v) is 8.28. The van der Waals surface area contributed by atoms with Crippen molar-refractivity contribution in [1.29, 1.82) is 0 Å². The molecule has 0 aromatic heterocycles. The van der Waals surface area contributed by atoms with E-state index in [0.29, 0.717) is 0 Å². The van der Waals surface area contributed by atoms with E-state index in [9.17, 15) is 0 Å². The summed E-state index contributed by atoms with van der Waals surface area (Å²) >= 11 is 3.69. The molecule has 0 aliphatic carbocycles. The number of fused-ring (bicyclic) bond motifs is 3. The summed E-state index contributed by atoms with van der Waals surface area (Å²) < 4.78 is 0. The van der Waals surface area contributed by atoms with Gasteiger partial charge >= 0.3 is 0 Å². The fourth-order valence-electron chi connectivity index (χ4n) is 4.61. The molecule has 4 aromatic carbocycles. The molecule has 180 valence electrons. The minimum atomic E-state index is 1.16. The molecule has 4 aromatic rings. The molecule has 2 aliphatic heterocycles. The van der Waals surface area contributed by atoms with Crippen molar-refractivity contribution in [2.45, 2.75) is 42.4 Å². The first-order valence-electron chi connectivity index (χ1n) is 12.4. The zero-order valence-electron chi connectivity index (χ0n) is 21.1. The molecule has 0 fully saturated rings. The maximum Gasteiger partial charge on any atom is 0.0601 e. The summed E-state index contributed by atoms with van der Waals surface area (Å²) in [4.78, 5) is 9.91. The topological polar surface area (TPSA) is 6.48 Å². The average molecular weight is 507 g/mol. The fraction of sp³-hybridized carbons (Fsp3) is 0.125. The second-order valence-corrected chi connectivity index (χ2v) is 10.6. The van der Waals surface area contributed by atoms with Gasteiger partial charge in [0, 0.05) is 31.0 Å². The van der Waals surface area contributed by atoms with Crippen LogP contribution in [0.2, 0.25) is 0 Å². The summed E-state index contributed by atoms with van der Waals surface area (Å²) in [6, 6.07) is 34.9. The van der Waals surface area contributed by atoms with E-state index in [4.69, 9.17) is 0 Å². The van der Waals surface area contributed by atoms with E-state index in [1.165, 1.54) is 42.4 Å². The maximum atomic E-state index is 2.39. The number of allylic oxidation sites excluding steroid dienone is 3. The molecule has 6 rings (SSSR count). The van der Waals surface area contributed by atoms with Gasteiger partial charge in [-0.15, -0.1) is 0 Å². The van der Waals surface area contributed by atoms with Crippen molar-refractivity contribution in [2.24, 2.45) is 0 Å². The molecule has 0 atom stereocenters. The van der Waals surface area contributed by atoms with Crippen LogP contribution in [0.3, 0.4) is 0 Å². The van der Waals surface area contributed by atoms with Gasteiger partial charge in [-0.1, -0.05) is 85.9 Å². The molecule has 0 bridgehead atoms. The van der Waals surface area contributed by atoms with Crippen molar-refractivity contribution < 1.29 is 0 Å². The van der Waals surface area contributed by atoms with Crippen LogP contribution in [0.4, 0.5) is 28.4 Å². The molecular formula is C32H30N2S2. The molecule has 4 heteroatoms. The molecule has 0 radical (unpaired) electrons. The number of benzene rings is 4. The van der Waals surface area contributed by atoms with Crippen molar-refractivity contribution in [2.75, 3.05) is 9.80 Å². The van der Waals surface area contributed by atoms with Gasteiger partial charge in [0.25, 0.3) is 0 Å². The van der Waals surface area contributed by atoms with E-state index in [-0.39, 0.29) is 0 Å². The average Bonchev–Trinajstić information content (AvgIpc) is 2.93. The first-order chi connectivity index (χ1) is 17.7. The van der Waals surface area contributed by atoms with Gasteiger partial charge in [-0.25, -0.2) is 0 Å². The molecule has 2 heterocycles. The summed E-state index contributed by atoms with van der Waals surface area (Å²) in [6.07, 6.45) is 4.34. The number of para-hydroxylation sites is 3. The van der Waals surface area contributed by atoms with Crippen LogP contribution < -0.4 is 9.80 Å². The molecule has 0 spiro atoms. The lowest BCUT2D eigenvalue weighted by Gasteiger charge is -2.35. The van der Waals surface area contributed by atoms with E-state index < -0.39 is 0 Å². The lowest BCUT2D eigenvalue weighted by Crippen LogP contribution is -2.20. The Morgan fingerprint density at radius 2 is 1.06 bits per heavy atom. The molecule has 2 aliphatic rings. The number of hydrogen-bond acceptors (Lipinski definition) is 4. The Kier molecular flexibility index (Phi) is 7.26. The Labute approximate surface area is 223 Å².